The topological polar surface area (TPSA) is 37.3 Å². The van der Waals surface area contributed by atoms with Crippen LogP contribution in [0.1, 0.15) is 17.7 Å². The van der Waals surface area contributed by atoms with Crippen molar-refractivity contribution in [1.29, 1.82) is 0 Å². The van der Waals surface area contributed by atoms with Gasteiger partial charge in [0.1, 0.15) is 5.41 Å². The van der Waals surface area contributed by atoms with Gasteiger partial charge < -0.3 is 5.11 Å². The summed E-state index contributed by atoms with van der Waals surface area (Å²) in [4.78, 5) is 11.9. The lowest BCUT2D eigenvalue weighted by molar-refractivity contribution is -0.139. The highest BCUT2D eigenvalue weighted by atomic mass is 79.9. The van der Waals surface area contributed by atoms with Crippen molar-refractivity contribution in [3.05, 3.63) is 20.8 Å². The Kier molecular flexibility index (Phi) is 1.77. The normalized spacial score (nSPS) is 19.1. The molecule has 0 radical (unpaired) electrons. The third-order valence-electron chi connectivity index (χ3n) is 2.21. The minimum absolute atomic E-state index is 0.549. The maximum atomic E-state index is 10.9. The molecule has 1 aliphatic rings. The lowest BCUT2D eigenvalue weighted by atomic mass is 10.1. The highest BCUT2D eigenvalue weighted by molar-refractivity contribution is 9.10. The summed E-state index contributed by atoms with van der Waals surface area (Å²) in [5.41, 5.74) is -0.549. The number of rotatable bonds is 2. The van der Waals surface area contributed by atoms with Crippen molar-refractivity contribution in [1.82, 2.24) is 0 Å². The molecule has 0 aromatic carbocycles. The van der Waals surface area contributed by atoms with Gasteiger partial charge in [0.05, 0.1) is 0 Å². The molecule has 1 aromatic heterocycles. The van der Waals surface area contributed by atoms with Crippen LogP contribution in [0.25, 0.3) is 0 Å². The van der Waals surface area contributed by atoms with Gasteiger partial charge in [0.2, 0.25) is 0 Å². The minimum atomic E-state index is -0.689. The van der Waals surface area contributed by atoms with Crippen molar-refractivity contribution in [2.75, 3.05) is 0 Å². The largest absolute Gasteiger partial charge is 0.481 e. The molecule has 1 N–H and O–H groups in total. The molecule has 4 heteroatoms. The minimum Gasteiger partial charge on any atom is -0.481 e. The van der Waals surface area contributed by atoms with Crippen molar-refractivity contribution in [3.63, 3.8) is 0 Å². The Balaban J connectivity index is 2.43. The van der Waals surface area contributed by atoms with Gasteiger partial charge in [0.15, 0.2) is 0 Å². The first kappa shape index (κ1) is 8.26. The number of carboxylic acid groups (broad SMARTS) is 1. The van der Waals surface area contributed by atoms with Crippen molar-refractivity contribution >= 4 is 33.2 Å². The van der Waals surface area contributed by atoms with Crippen molar-refractivity contribution in [2.24, 2.45) is 0 Å². The van der Waals surface area contributed by atoms with Gasteiger partial charge in [-0.2, -0.15) is 0 Å². The number of aliphatic carboxylic acids is 1. The monoisotopic (exact) mass is 246 g/mol. The number of halogens is 1. The fraction of sp³-hybridized carbons (Fsp3) is 0.375. The first-order chi connectivity index (χ1) is 5.67. The molecule has 0 spiro atoms. The van der Waals surface area contributed by atoms with Crippen LogP contribution in [0.2, 0.25) is 0 Å². The second kappa shape index (κ2) is 2.57. The molecule has 2 rings (SSSR count). The van der Waals surface area contributed by atoms with Crippen molar-refractivity contribution < 1.29 is 9.90 Å². The average Bonchev–Trinajstić information content (AvgIpc) is 2.71. The molecule has 0 saturated heterocycles. The summed E-state index contributed by atoms with van der Waals surface area (Å²) >= 11 is 4.88. The van der Waals surface area contributed by atoms with Gasteiger partial charge in [0.25, 0.3) is 0 Å². The molecule has 0 aliphatic heterocycles. The van der Waals surface area contributed by atoms with Gasteiger partial charge in [0, 0.05) is 9.35 Å². The molecular weight excluding hydrogens is 240 g/mol. The van der Waals surface area contributed by atoms with Crippen LogP contribution in [0.15, 0.2) is 15.9 Å². The highest BCUT2D eigenvalue weighted by Gasteiger charge is 2.53. The number of hydrogen-bond acceptors (Lipinski definition) is 2. The molecule has 2 nitrogen and oxygen atoms in total. The smallest absolute Gasteiger partial charge is 0.315 e. The van der Waals surface area contributed by atoms with Crippen LogP contribution < -0.4 is 0 Å². The Morgan fingerprint density at radius 3 is 2.67 bits per heavy atom. The van der Waals surface area contributed by atoms with Crippen LogP contribution in [0.4, 0.5) is 0 Å². The zero-order valence-corrected chi connectivity index (χ0v) is 8.61. The van der Waals surface area contributed by atoms with E-state index in [1.165, 1.54) is 11.3 Å². The van der Waals surface area contributed by atoms with Crippen LogP contribution >= 0.6 is 27.3 Å². The van der Waals surface area contributed by atoms with E-state index in [1.54, 1.807) is 0 Å². The van der Waals surface area contributed by atoms with E-state index < -0.39 is 11.4 Å². The van der Waals surface area contributed by atoms with E-state index in [-0.39, 0.29) is 0 Å². The van der Waals surface area contributed by atoms with Crippen LogP contribution in [0.3, 0.4) is 0 Å². The van der Waals surface area contributed by atoms with Crippen LogP contribution in [0.5, 0.6) is 0 Å². The van der Waals surface area contributed by atoms with Gasteiger partial charge in [-0.3, -0.25) is 4.79 Å². The van der Waals surface area contributed by atoms with E-state index in [0.717, 1.165) is 22.2 Å². The Morgan fingerprint density at radius 2 is 2.33 bits per heavy atom. The van der Waals surface area contributed by atoms with Gasteiger partial charge in [-0.1, -0.05) is 0 Å². The first-order valence-electron chi connectivity index (χ1n) is 3.64. The van der Waals surface area contributed by atoms with E-state index in [2.05, 4.69) is 15.9 Å². The third-order valence-corrected chi connectivity index (χ3v) is 4.25. The fourth-order valence-electron chi connectivity index (χ4n) is 1.30. The van der Waals surface area contributed by atoms with Crippen LogP contribution in [-0.2, 0) is 10.2 Å². The molecule has 1 saturated carbocycles. The third kappa shape index (κ3) is 1.02. The Morgan fingerprint density at radius 1 is 1.67 bits per heavy atom. The maximum Gasteiger partial charge on any atom is 0.315 e. The molecule has 0 unspecified atom stereocenters. The summed E-state index contributed by atoms with van der Waals surface area (Å²) in [5.74, 6) is -0.689. The molecule has 1 aromatic rings. The fourth-order valence-corrected chi connectivity index (χ4v) is 3.30. The number of carboxylic acids is 1. The van der Waals surface area contributed by atoms with Crippen molar-refractivity contribution in [3.8, 4) is 0 Å². The average molecular weight is 247 g/mol. The quantitative estimate of drug-likeness (QED) is 0.872. The summed E-state index contributed by atoms with van der Waals surface area (Å²) in [6.45, 7) is 0. The summed E-state index contributed by atoms with van der Waals surface area (Å²) < 4.78 is 0.937. The van der Waals surface area contributed by atoms with E-state index in [0.29, 0.717) is 0 Å². The molecular formula is C8H7BrO2S. The number of hydrogen-bond donors (Lipinski definition) is 1. The van der Waals surface area contributed by atoms with E-state index in [1.807, 2.05) is 11.4 Å². The van der Waals surface area contributed by atoms with Crippen LogP contribution in [0, 0.1) is 0 Å². The summed E-state index contributed by atoms with van der Waals surface area (Å²) in [6.07, 6.45) is 1.56. The predicted molar refractivity (Wildman–Crippen MR) is 50.6 cm³/mol. The van der Waals surface area contributed by atoms with Crippen LogP contribution in [-0.4, -0.2) is 11.1 Å². The van der Waals surface area contributed by atoms with Gasteiger partial charge in [-0.05, 0) is 40.2 Å². The van der Waals surface area contributed by atoms with Gasteiger partial charge in [-0.15, -0.1) is 11.3 Å². The number of carbonyl (C=O) groups is 1. The van der Waals surface area contributed by atoms with E-state index >= 15 is 0 Å². The summed E-state index contributed by atoms with van der Waals surface area (Å²) in [5, 5.41) is 10.9. The lowest BCUT2D eigenvalue weighted by Gasteiger charge is -2.06. The Bertz CT molecular complexity index is 328. The lowest BCUT2D eigenvalue weighted by Crippen LogP contribution is -2.18. The maximum absolute atomic E-state index is 10.9. The predicted octanol–water partition coefficient (Wildman–Crippen LogP) is 2.63. The molecule has 0 amide bonds. The zero-order valence-electron chi connectivity index (χ0n) is 6.21. The van der Waals surface area contributed by atoms with Crippen molar-refractivity contribution in [2.45, 2.75) is 18.3 Å². The molecule has 64 valence electrons. The van der Waals surface area contributed by atoms with E-state index in [9.17, 15) is 4.79 Å². The SMILES string of the molecule is O=C(O)C1(c2sccc2Br)CC1. The molecule has 1 heterocycles. The second-order valence-corrected chi connectivity index (χ2v) is 4.76. The van der Waals surface area contributed by atoms with Gasteiger partial charge in [-0.25, -0.2) is 0 Å². The molecule has 0 atom stereocenters. The molecule has 1 aliphatic carbocycles. The molecule has 12 heavy (non-hydrogen) atoms. The second-order valence-electron chi connectivity index (χ2n) is 2.98. The first-order valence-corrected chi connectivity index (χ1v) is 5.31. The summed E-state index contributed by atoms with van der Waals surface area (Å²) in [7, 11) is 0. The van der Waals surface area contributed by atoms with Gasteiger partial charge >= 0.3 is 5.97 Å². The Labute approximate surface area is 82.3 Å². The van der Waals surface area contributed by atoms with E-state index in [4.69, 9.17) is 5.11 Å². The molecule has 1 fully saturated rings. The zero-order chi connectivity index (χ0) is 8.77. The Hall–Kier alpha value is -0.350. The standard InChI is InChI=1S/C8H7BrO2S/c9-5-1-4-12-6(5)8(2-3-8)7(10)11/h1,4H,2-3H2,(H,10,11). The summed E-state index contributed by atoms with van der Waals surface area (Å²) in [6, 6.07) is 1.91. The highest BCUT2D eigenvalue weighted by Crippen LogP contribution is 2.52. The number of thiophene rings is 1. The molecule has 0 bridgehead atoms.